The Balaban J connectivity index is 0.00000121. The lowest BCUT2D eigenvalue weighted by Gasteiger charge is -2.34. The van der Waals surface area contributed by atoms with E-state index in [9.17, 15) is 0 Å². The Labute approximate surface area is 107 Å². The van der Waals surface area contributed by atoms with E-state index in [2.05, 4.69) is 22.0 Å². The highest BCUT2D eigenvalue weighted by Crippen LogP contribution is 2.00. The van der Waals surface area contributed by atoms with Gasteiger partial charge in [0.1, 0.15) is 0 Å². The standard InChI is InChI=1S/C11H25N3O.C2H6/c1-3-12-4-5-13-6-8-14(9-7-13)10-11-15-2;1-2/h12H,3-11H2,1-2H3;1-2H3. The lowest BCUT2D eigenvalue weighted by atomic mass is 10.3. The van der Waals surface area contributed by atoms with Crippen molar-refractivity contribution in [3.8, 4) is 0 Å². The second kappa shape index (κ2) is 12.3. The predicted molar refractivity (Wildman–Crippen MR) is 74.6 cm³/mol. The molecule has 1 heterocycles. The van der Waals surface area contributed by atoms with Gasteiger partial charge in [0.05, 0.1) is 6.61 Å². The minimum atomic E-state index is 0.859. The normalized spacial score (nSPS) is 17.6. The smallest absolute Gasteiger partial charge is 0.0589 e. The van der Waals surface area contributed by atoms with Crippen molar-refractivity contribution in [1.82, 2.24) is 15.1 Å². The number of piperazine rings is 1. The second-order valence-corrected chi connectivity index (χ2v) is 4.03. The summed E-state index contributed by atoms with van der Waals surface area (Å²) in [6.07, 6.45) is 0. The average Bonchev–Trinajstić information content (AvgIpc) is 2.40. The molecular weight excluding hydrogens is 214 g/mol. The molecule has 1 saturated heterocycles. The van der Waals surface area contributed by atoms with Gasteiger partial charge in [-0.05, 0) is 6.54 Å². The van der Waals surface area contributed by atoms with Gasteiger partial charge in [0.15, 0.2) is 0 Å². The molecule has 0 aromatic rings. The summed E-state index contributed by atoms with van der Waals surface area (Å²) in [5.41, 5.74) is 0. The van der Waals surface area contributed by atoms with Gasteiger partial charge < -0.3 is 10.1 Å². The molecule has 1 rings (SSSR count). The fourth-order valence-electron chi connectivity index (χ4n) is 1.87. The molecule has 0 amide bonds. The van der Waals surface area contributed by atoms with E-state index < -0.39 is 0 Å². The van der Waals surface area contributed by atoms with Crippen molar-refractivity contribution in [2.45, 2.75) is 20.8 Å². The lowest BCUT2D eigenvalue weighted by Crippen LogP contribution is -2.48. The van der Waals surface area contributed by atoms with E-state index in [-0.39, 0.29) is 0 Å². The molecule has 4 heteroatoms. The molecule has 17 heavy (non-hydrogen) atoms. The zero-order valence-corrected chi connectivity index (χ0v) is 12.2. The molecule has 1 aliphatic rings. The van der Waals surface area contributed by atoms with Crippen LogP contribution in [0.1, 0.15) is 20.8 Å². The first-order chi connectivity index (χ1) is 8.36. The van der Waals surface area contributed by atoms with Gasteiger partial charge in [-0.25, -0.2) is 0 Å². The molecule has 0 aromatic carbocycles. The molecule has 0 unspecified atom stereocenters. The van der Waals surface area contributed by atoms with Crippen LogP contribution in [0.15, 0.2) is 0 Å². The Morgan fingerprint density at radius 2 is 1.53 bits per heavy atom. The van der Waals surface area contributed by atoms with Gasteiger partial charge in [0.2, 0.25) is 0 Å². The van der Waals surface area contributed by atoms with Crippen molar-refractivity contribution in [3.63, 3.8) is 0 Å². The maximum atomic E-state index is 5.09. The third-order valence-corrected chi connectivity index (χ3v) is 2.93. The van der Waals surface area contributed by atoms with Crippen molar-refractivity contribution in [2.75, 3.05) is 66.1 Å². The van der Waals surface area contributed by atoms with Crippen LogP contribution in [0.2, 0.25) is 0 Å². The fraction of sp³-hybridized carbons (Fsp3) is 1.00. The molecule has 0 atom stereocenters. The number of nitrogens with one attached hydrogen (secondary N) is 1. The first-order valence-electron chi connectivity index (χ1n) is 7.01. The molecule has 0 radical (unpaired) electrons. The molecule has 0 aromatic heterocycles. The summed E-state index contributed by atoms with van der Waals surface area (Å²) in [6, 6.07) is 0. The monoisotopic (exact) mass is 245 g/mol. The molecule has 0 saturated carbocycles. The highest BCUT2D eigenvalue weighted by molar-refractivity contribution is 4.72. The first-order valence-corrected chi connectivity index (χ1v) is 7.01. The van der Waals surface area contributed by atoms with E-state index >= 15 is 0 Å². The average molecular weight is 245 g/mol. The summed E-state index contributed by atoms with van der Waals surface area (Å²) in [7, 11) is 1.77. The highest BCUT2D eigenvalue weighted by Gasteiger charge is 2.15. The van der Waals surface area contributed by atoms with E-state index in [4.69, 9.17) is 4.74 Å². The second-order valence-electron chi connectivity index (χ2n) is 4.03. The van der Waals surface area contributed by atoms with E-state index in [1.807, 2.05) is 13.8 Å². The largest absolute Gasteiger partial charge is 0.383 e. The third kappa shape index (κ3) is 8.55. The molecule has 1 aliphatic heterocycles. The van der Waals surface area contributed by atoms with Crippen molar-refractivity contribution >= 4 is 0 Å². The fourth-order valence-corrected chi connectivity index (χ4v) is 1.87. The highest BCUT2D eigenvalue weighted by atomic mass is 16.5. The number of ether oxygens (including phenoxy) is 1. The summed E-state index contributed by atoms with van der Waals surface area (Å²) in [6.45, 7) is 16.3. The molecule has 0 bridgehead atoms. The Kier molecular flexibility index (Phi) is 12.2. The molecule has 1 N–H and O–H groups in total. The van der Waals surface area contributed by atoms with Gasteiger partial charge in [-0.3, -0.25) is 9.80 Å². The van der Waals surface area contributed by atoms with E-state index in [0.29, 0.717) is 0 Å². The summed E-state index contributed by atoms with van der Waals surface area (Å²) >= 11 is 0. The summed E-state index contributed by atoms with van der Waals surface area (Å²) in [4.78, 5) is 5.01. The zero-order valence-electron chi connectivity index (χ0n) is 12.2. The van der Waals surface area contributed by atoms with Gasteiger partial charge in [0, 0.05) is 52.9 Å². The van der Waals surface area contributed by atoms with Crippen LogP contribution in [-0.4, -0.2) is 75.9 Å². The van der Waals surface area contributed by atoms with Crippen molar-refractivity contribution in [1.29, 1.82) is 0 Å². The third-order valence-electron chi connectivity index (χ3n) is 2.93. The molecule has 0 spiro atoms. The minimum Gasteiger partial charge on any atom is -0.383 e. The maximum Gasteiger partial charge on any atom is 0.0589 e. The van der Waals surface area contributed by atoms with Crippen LogP contribution in [0, 0.1) is 0 Å². The minimum absolute atomic E-state index is 0.859. The van der Waals surface area contributed by atoms with Crippen LogP contribution >= 0.6 is 0 Å². The van der Waals surface area contributed by atoms with E-state index in [1.165, 1.54) is 32.7 Å². The van der Waals surface area contributed by atoms with Crippen LogP contribution in [0.25, 0.3) is 0 Å². The molecule has 4 nitrogen and oxygen atoms in total. The van der Waals surface area contributed by atoms with Crippen molar-refractivity contribution in [3.05, 3.63) is 0 Å². The van der Waals surface area contributed by atoms with Gasteiger partial charge in [0.25, 0.3) is 0 Å². The van der Waals surface area contributed by atoms with Crippen LogP contribution in [0.4, 0.5) is 0 Å². The quantitative estimate of drug-likeness (QED) is 0.674. The topological polar surface area (TPSA) is 27.7 Å². The van der Waals surface area contributed by atoms with Gasteiger partial charge in [-0.15, -0.1) is 0 Å². The number of hydrogen-bond acceptors (Lipinski definition) is 4. The van der Waals surface area contributed by atoms with Gasteiger partial charge in [-0.2, -0.15) is 0 Å². The summed E-state index contributed by atoms with van der Waals surface area (Å²) in [5.74, 6) is 0. The summed E-state index contributed by atoms with van der Waals surface area (Å²) in [5, 5.41) is 3.37. The SMILES string of the molecule is CC.CCNCCN1CCN(CCOC)CC1. The Bertz CT molecular complexity index is 148. The molecule has 1 fully saturated rings. The lowest BCUT2D eigenvalue weighted by molar-refractivity contribution is 0.0975. The Hall–Kier alpha value is -0.160. The molecular formula is C13H31N3O. The van der Waals surface area contributed by atoms with Crippen LogP contribution in [0.3, 0.4) is 0 Å². The number of hydrogen-bond donors (Lipinski definition) is 1. The van der Waals surface area contributed by atoms with Crippen molar-refractivity contribution in [2.24, 2.45) is 0 Å². The van der Waals surface area contributed by atoms with Crippen molar-refractivity contribution < 1.29 is 4.74 Å². The maximum absolute atomic E-state index is 5.09. The number of nitrogens with zero attached hydrogens (tertiary/aromatic N) is 2. The van der Waals surface area contributed by atoms with E-state index in [1.54, 1.807) is 7.11 Å². The van der Waals surface area contributed by atoms with Crippen LogP contribution < -0.4 is 5.32 Å². The van der Waals surface area contributed by atoms with Gasteiger partial charge in [-0.1, -0.05) is 20.8 Å². The first kappa shape index (κ1) is 16.8. The van der Waals surface area contributed by atoms with E-state index in [0.717, 1.165) is 26.2 Å². The molecule has 104 valence electrons. The van der Waals surface area contributed by atoms with Crippen LogP contribution in [-0.2, 0) is 4.74 Å². The number of likely N-dealkylation sites (N-methyl/N-ethyl adjacent to an activating group) is 1. The summed E-state index contributed by atoms with van der Waals surface area (Å²) < 4.78 is 5.09. The van der Waals surface area contributed by atoms with Gasteiger partial charge >= 0.3 is 0 Å². The zero-order chi connectivity index (χ0) is 12.9. The van der Waals surface area contributed by atoms with Crippen LogP contribution in [0.5, 0.6) is 0 Å². The number of methoxy groups -OCH3 is 1. The molecule has 0 aliphatic carbocycles. The predicted octanol–water partition coefficient (Wildman–Crippen LogP) is 0.886. The number of rotatable bonds is 7. The Morgan fingerprint density at radius 1 is 1.00 bits per heavy atom. The Morgan fingerprint density at radius 3 is 2.00 bits per heavy atom.